The van der Waals surface area contributed by atoms with Crippen LogP contribution in [0.15, 0.2) is 47.6 Å². The Morgan fingerprint density at radius 2 is 2.00 bits per heavy atom. The monoisotopic (exact) mass is 349 g/mol. The summed E-state index contributed by atoms with van der Waals surface area (Å²) in [4.78, 5) is 17.0. The number of aromatic nitrogens is 1. The van der Waals surface area contributed by atoms with Gasteiger partial charge < -0.3 is 9.84 Å². The molecule has 6 nitrogen and oxygen atoms in total. The van der Waals surface area contributed by atoms with Crippen molar-refractivity contribution in [3.63, 3.8) is 0 Å². The van der Waals surface area contributed by atoms with E-state index in [0.29, 0.717) is 16.9 Å². The molecular weight excluding hydrogens is 330 g/mol. The fraction of sp³-hybridized carbons (Fsp3) is 0.150. The Kier molecular flexibility index (Phi) is 4.84. The quantitative estimate of drug-likeness (QED) is 0.559. The van der Waals surface area contributed by atoms with Crippen LogP contribution in [-0.4, -0.2) is 29.3 Å². The number of hydrazone groups is 1. The van der Waals surface area contributed by atoms with E-state index in [-0.39, 0.29) is 11.7 Å². The molecule has 0 aliphatic carbocycles. The van der Waals surface area contributed by atoms with Gasteiger partial charge in [0.15, 0.2) is 11.5 Å². The minimum atomic E-state index is -0.312. The molecule has 6 heteroatoms. The lowest BCUT2D eigenvalue weighted by Gasteiger charge is -2.07. The third-order valence-electron chi connectivity index (χ3n) is 3.92. The van der Waals surface area contributed by atoms with Crippen LogP contribution < -0.4 is 10.2 Å². The van der Waals surface area contributed by atoms with Crippen LogP contribution in [0.1, 0.15) is 27.2 Å². The van der Waals surface area contributed by atoms with Gasteiger partial charge in [0.2, 0.25) is 0 Å². The molecule has 2 N–H and O–H groups in total. The van der Waals surface area contributed by atoms with Crippen molar-refractivity contribution in [3.8, 4) is 11.5 Å². The van der Waals surface area contributed by atoms with Gasteiger partial charge in [0, 0.05) is 11.1 Å². The maximum absolute atomic E-state index is 12.6. The number of nitrogens with one attached hydrogen (secondary N) is 1. The second kappa shape index (κ2) is 7.23. The molecule has 26 heavy (non-hydrogen) atoms. The maximum Gasteiger partial charge on any atom is 0.272 e. The van der Waals surface area contributed by atoms with Gasteiger partial charge in [-0.3, -0.25) is 9.78 Å². The lowest BCUT2D eigenvalue weighted by atomic mass is 10.1. The molecule has 0 aliphatic heterocycles. The van der Waals surface area contributed by atoms with Crippen LogP contribution in [0.3, 0.4) is 0 Å². The molecule has 0 spiro atoms. The third-order valence-corrected chi connectivity index (χ3v) is 3.92. The van der Waals surface area contributed by atoms with E-state index in [9.17, 15) is 9.90 Å². The Hall–Kier alpha value is -3.41. The van der Waals surface area contributed by atoms with Gasteiger partial charge in [0.1, 0.15) is 0 Å². The van der Waals surface area contributed by atoms with Gasteiger partial charge in [0.25, 0.3) is 5.91 Å². The number of hydrogen-bond acceptors (Lipinski definition) is 5. The van der Waals surface area contributed by atoms with Crippen LogP contribution in [0.4, 0.5) is 0 Å². The molecule has 1 heterocycles. The summed E-state index contributed by atoms with van der Waals surface area (Å²) in [6.45, 7) is 3.82. The van der Waals surface area contributed by atoms with E-state index in [0.717, 1.165) is 22.2 Å². The zero-order chi connectivity index (χ0) is 18.7. The summed E-state index contributed by atoms with van der Waals surface area (Å²) in [5.74, 6) is 0.0717. The van der Waals surface area contributed by atoms with Gasteiger partial charge in [-0.15, -0.1) is 0 Å². The first-order valence-electron chi connectivity index (χ1n) is 8.06. The van der Waals surface area contributed by atoms with Crippen molar-refractivity contribution in [2.24, 2.45) is 5.10 Å². The topological polar surface area (TPSA) is 83.8 Å². The number of aryl methyl sites for hydroxylation is 2. The Labute approximate surface area is 151 Å². The molecule has 0 fully saturated rings. The summed E-state index contributed by atoms with van der Waals surface area (Å²) in [5.41, 5.74) is 6.34. The number of hydrogen-bond donors (Lipinski definition) is 2. The summed E-state index contributed by atoms with van der Waals surface area (Å²) in [7, 11) is 1.47. The highest BCUT2D eigenvalue weighted by atomic mass is 16.5. The number of nitrogens with zero attached hydrogens (tertiary/aromatic N) is 2. The SMILES string of the molecule is COc1cc(C=NNC(=O)c2cc(C)nc3ccc(C)cc23)ccc1O. The Bertz CT molecular complexity index is 1010. The van der Waals surface area contributed by atoms with Crippen molar-refractivity contribution in [3.05, 3.63) is 64.8 Å². The van der Waals surface area contributed by atoms with Crippen molar-refractivity contribution in [1.82, 2.24) is 10.4 Å². The smallest absolute Gasteiger partial charge is 0.272 e. The zero-order valence-corrected chi connectivity index (χ0v) is 14.8. The Morgan fingerprint density at radius 1 is 1.19 bits per heavy atom. The van der Waals surface area contributed by atoms with Crippen molar-refractivity contribution < 1.29 is 14.6 Å². The number of rotatable bonds is 4. The average molecular weight is 349 g/mol. The number of benzene rings is 2. The molecule has 0 unspecified atom stereocenters. The molecule has 3 rings (SSSR count). The van der Waals surface area contributed by atoms with Crippen LogP contribution in [0.25, 0.3) is 10.9 Å². The van der Waals surface area contributed by atoms with Gasteiger partial charge in [0.05, 0.1) is 24.4 Å². The highest BCUT2D eigenvalue weighted by Crippen LogP contribution is 2.25. The van der Waals surface area contributed by atoms with Crippen LogP contribution in [-0.2, 0) is 0 Å². The van der Waals surface area contributed by atoms with Crippen LogP contribution >= 0.6 is 0 Å². The summed E-state index contributed by atoms with van der Waals surface area (Å²) >= 11 is 0. The highest BCUT2D eigenvalue weighted by Gasteiger charge is 2.11. The molecule has 132 valence electrons. The second-order valence-corrected chi connectivity index (χ2v) is 5.96. The molecule has 1 aromatic heterocycles. The molecule has 1 amide bonds. The van der Waals surface area contributed by atoms with Gasteiger partial charge in [-0.1, -0.05) is 11.6 Å². The van der Waals surface area contributed by atoms with E-state index in [4.69, 9.17) is 4.74 Å². The predicted octanol–water partition coefficient (Wildman–Crippen LogP) is 3.33. The first-order valence-corrected chi connectivity index (χ1v) is 8.06. The Balaban J connectivity index is 1.84. The Morgan fingerprint density at radius 3 is 2.77 bits per heavy atom. The van der Waals surface area contributed by atoms with Gasteiger partial charge >= 0.3 is 0 Å². The molecule has 2 aromatic carbocycles. The number of aromatic hydroxyl groups is 1. The number of ether oxygens (including phenoxy) is 1. The largest absolute Gasteiger partial charge is 0.504 e. The summed E-state index contributed by atoms with van der Waals surface area (Å²) in [5, 5.41) is 14.4. The van der Waals surface area contributed by atoms with Crippen LogP contribution in [0.5, 0.6) is 11.5 Å². The van der Waals surface area contributed by atoms with Gasteiger partial charge in [-0.25, -0.2) is 5.43 Å². The standard InChI is InChI=1S/C20H19N3O3/c1-12-4-6-17-15(8-12)16(9-13(2)22-17)20(25)23-21-11-14-5-7-18(24)19(10-14)26-3/h4-11,24H,1-3H3,(H,23,25). The average Bonchev–Trinajstić information content (AvgIpc) is 2.62. The molecule has 3 aromatic rings. The minimum absolute atomic E-state index is 0.0442. The fourth-order valence-electron chi connectivity index (χ4n) is 2.66. The maximum atomic E-state index is 12.6. The van der Waals surface area contributed by atoms with E-state index in [1.807, 2.05) is 32.0 Å². The first kappa shape index (κ1) is 17.4. The summed E-state index contributed by atoms with van der Waals surface area (Å²) in [6.07, 6.45) is 1.49. The number of carbonyl (C=O) groups is 1. The predicted molar refractivity (Wildman–Crippen MR) is 101 cm³/mol. The van der Waals surface area contributed by atoms with E-state index < -0.39 is 0 Å². The molecule has 0 saturated carbocycles. The van der Waals surface area contributed by atoms with Crippen LogP contribution in [0, 0.1) is 13.8 Å². The lowest BCUT2D eigenvalue weighted by molar-refractivity contribution is 0.0956. The lowest BCUT2D eigenvalue weighted by Crippen LogP contribution is -2.18. The van der Waals surface area contributed by atoms with Crippen molar-refractivity contribution in [2.45, 2.75) is 13.8 Å². The summed E-state index contributed by atoms with van der Waals surface area (Å²) in [6, 6.07) is 12.3. The highest BCUT2D eigenvalue weighted by molar-refractivity contribution is 6.06. The van der Waals surface area contributed by atoms with Crippen molar-refractivity contribution in [2.75, 3.05) is 7.11 Å². The molecule has 0 aliphatic rings. The number of fused-ring (bicyclic) bond motifs is 1. The van der Waals surface area contributed by atoms with Crippen LogP contribution in [0.2, 0.25) is 0 Å². The van der Waals surface area contributed by atoms with Gasteiger partial charge in [-0.2, -0.15) is 5.10 Å². The molecule has 0 atom stereocenters. The molecule has 0 radical (unpaired) electrons. The van der Waals surface area contributed by atoms with E-state index in [1.54, 1.807) is 18.2 Å². The number of phenolic OH excluding ortho intramolecular Hbond substituents is 1. The third kappa shape index (κ3) is 3.64. The summed E-state index contributed by atoms with van der Waals surface area (Å²) < 4.78 is 5.05. The molecule has 0 saturated heterocycles. The number of amides is 1. The van der Waals surface area contributed by atoms with E-state index >= 15 is 0 Å². The zero-order valence-electron chi connectivity index (χ0n) is 14.8. The molecule has 0 bridgehead atoms. The van der Waals surface area contributed by atoms with Gasteiger partial charge in [-0.05, 0) is 55.8 Å². The number of pyridine rings is 1. The fourth-order valence-corrected chi connectivity index (χ4v) is 2.66. The molecular formula is C20H19N3O3. The number of carbonyl (C=O) groups excluding carboxylic acids is 1. The normalized spacial score (nSPS) is 11.0. The first-order chi connectivity index (χ1) is 12.5. The number of methoxy groups -OCH3 is 1. The second-order valence-electron chi connectivity index (χ2n) is 5.96. The van der Waals surface area contributed by atoms with Crippen molar-refractivity contribution >= 4 is 23.0 Å². The minimum Gasteiger partial charge on any atom is -0.504 e. The van der Waals surface area contributed by atoms with E-state index in [2.05, 4.69) is 15.5 Å². The number of phenols is 1. The van der Waals surface area contributed by atoms with E-state index in [1.165, 1.54) is 19.4 Å². The van der Waals surface area contributed by atoms with Crippen molar-refractivity contribution in [1.29, 1.82) is 0 Å².